The van der Waals surface area contributed by atoms with E-state index < -0.39 is 11.2 Å². The van der Waals surface area contributed by atoms with Crippen molar-refractivity contribution >= 4 is 17.6 Å². The molecular weight excluding hydrogens is 356 g/mol. The molecule has 0 atom stereocenters. The summed E-state index contributed by atoms with van der Waals surface area (Å²) in [6, 6.07) is 4.01. The van der Waals surface area contributed by atoms with Crippen molar-refractivity contribution in [2.75, 3.05) is 42.9 Å². The fraction of sp³-hybridized carbons (Fsp3) is 0.714. The first kappa shape index (κ1) is 20.7. The van der Waals surface area contributed by atoms with E-state index in [-0.39, 0.29) is 6.09 Å². The second kappa shape index (κ2) is 8.55. The van der Waals surface area contributed by atoms with E-state index in [9.17, 15) is 9.90 Å². The second-order valence-corrected chi connectivity index (χ2v) is 9.00. The summed E-state index contributed by atoms with van der Waals surface area (Å²) in [5.74, 6) is 0.908. The number of hydrogen-bond acceptors (Lipinski definition) is 6. The SMILES string of the molecule is CC(C)(C)OC(=O)N1CCN(c2ccc(NCC3(O)CCCCC3)cn2)CC1. The first-order valence-corrected chi connectivity index (χ1v) is 10.4. The molecule has 0 aromatic carbocycles. The molecule has 0 bridgehead atoms. The van der Waals surface area contributed by atoms with Crippen LogP contribution in [0.15, 0.2) is 18.3 Å². The Hall–Kier alpha value is -2.02. The lowest BCUT2D eigenvalue weighted by Crippen LogP contribution is -2.50. The minimum atomic E-state index is -0.588. The van der Waals surface area contributed by atoms with Crippen molar-refractivity contribution < 1.29 is 14.6 Å². The summed E-state index contributed by atoms with van der Waals surface area (Å²) in [5.41, 5.74) is -0.131. The van der Waals surface area contributed by atoms with Gasteiger partial charge in [-0.3, -0.25) is 0 Å². The Bertz CT molecular complexity index is 643. The fourth-order valence-electron chi connectivity index (χ4n) is 3.78. The molecule has 7 nitrogen and oxygen atoms in total. The third kappa shape index (κ3) is 5.74. The van der Waals surface area contributed by atoms with Gasteiger partial charge in [0.05, 0.1) is 17.5 Å². The molecule has 1 aromatic heterocycles. The quantitative estimate of drug-likeness (QED) is 0.822. The highest BCUT2D eigenvalue weighted by atomic mass is 16.6. The van der Waals surface area contributed by atoms with Crippen LogP contribution in [0.1, 0.15) is 52.9 Å². The van der Waals surface area contributed by atoms with Crippen LogP contribution in [0.25, 0.3) is 0 Å². The van der Waals surface area contributed by atoms with Crippen molar-refractivity contribution in [1.29, 1.82) is 0 Å². The van der Waals surface area contributed by atoms with Crippen LogP contribution in [0.4, 0.5) is 16.3 Å². The predicted octanol–water partition coefficient (Wildman–Crippen LogP) is 3.25. The molecule has 0 radical (unpaired) electrons. The number of aromatic nitrogens is 1. The van der Waals surface area contributed by atoms with Crippen LogP contribution in [0, 0.1) is 0 Å². The highest BCUT2D eigenvalue weighted by molar-refractivity contribution is 5.68. The van der Waals surface area contributed by atoms with Crippen molar-refractivity contribution in [2.24, 2.45) is 0 Å². The highest BCUT2D eigenvalue weighted by Crippen LogP contribution is 2.28. The van der Waals surface area contributed by atoms with Gasteiger partial charge >= 0.3 is 6.09 Å². The van der Waals surface area contributed by atoms with Gasteiger partial charge in [0.1, 0.15) is 11.4 Å². The van der Waals surface area contributed by atoms with Crippen molar-refractivity contribution in [3.05, 3.63) is 18.3 Å². The number of amides is 1. The number of nitrogens with zero attached hydrogens (tertiary/aromatic N) is 3. The maximum absolute atomic E-state index is 12.2. The Morgan fingerprint density at radius 2 is 1.86 bits per heavy atom. The number of carbonyl (C=O) groups excluding carboxylic acids is 1. The zero-order valence-electron chi connectivity index (χ0n) is 17.4. The van der Waals surface area contributed by atoms with Gasteiger partial charge < -0.3 is 25.0 Å². The summed E-state index contributed by atoms with van der Waals surface area (Å²) >= 11 is 0. The number of anilines is 2. The summed E-state index contributed by atoms with van der Waals surface area (Å²) in [7, 11) is 0. The van der Waals surface area contributed by atoms with Crippen LogP contribution in [0.2, 0.25) is 0 Å². The van der Waals surface area contributed by atoms with Crippen LogP contribution in [-0.4, -0.2) is 65.0 Å². The van der Waals surface area contributed by atoms with E-state index in [1.54, 1.807) is 4.90 Å². The van der Waals surface area contributed by atoms with E-state index in [0.29, 0.717) is 19.6 Å². The molecule has 1 aliphatic carbocycles. The number of hydrogen-bond donors (Lipinski definition) is 2. The normalized spacial score (nSPS) is 20.0. The maximum atomic E-state index is 12.2. The van der Waals surface area contributed by atoms with Crippen molar-refractivity contribution in [3.63, 3.8) is 0 Å². The monoisotopic (exact) mass is 390 g/mol. The van der Waals surface area contributed by atoms with Crippen molar-refractivity contribution in [2.45, 2.75) is 64.1 Å². The lowest BCUT2D eigenvalue weighted by atomic mass is 9.85. The average molecular weight is 391 g/mol. The third-order valence-electron chi connectivity index (χ3n) is 5.41. The number of nitrogens with one attached hydrogen (secondary N) is 1. The van der Waals surface area contributed by atoms with E-state index >= 15 is 0 Å². The molecular formula is C21H34N4O3. The minimum absolute atomic E-state index is 0.250. The van der Waals surface area contributed by atoms with Gasteiger partial charge in [0.15, 0.2) is 0 Å². The zero-order valence-corrected chi connectivity index (χ0v) is 17.4. The molecule has 7 heteroatoms. The maximum Gasteiger partial charge on any atom is 0.410 e. The Morgan fingerprint density at radius 1 is 1.18 bits per heavy atom. The van der Waals surface area contributed by atoms with Crippen molar-refractivity contribution in [1.82, 2.24) is 9.88 Å². The summed E-state index contributed by atoms with van der Waals surface area (Å²) in [6.45, 7) is 8.95. The molecule has 28 heavy (non-hydrogen) atoms. The van der Waals surface area contributed by atoms with E-state index in [1.165, 1.54) is 6.42 Å². The number of rotatable bonds is 4. The van der Waals surface area contributed by atoms with Gasteiger partial charge in [0.25, 0.3) is 0 Å². The van der Waals surface area contributed by atoms with E-state index in [2.05, 4.69) is 15.2 Å². The molecule has 2 fully saturated rings. The summed E-state index contributed by atoms with van der Waals surface area (Å²) < 4.78 is 5.44. The summed E-state index contributed by atoms with van der Waals surface area (Å²) in [4.78, 5) is 20.7. The Balaban J connectivity index is 1.47. The zero-order chi connectivity index (χ0) is 20.2. The second-order valence-electron chi connectivity index (χ2n) is 9.00. The Kier molecular flexibility index (Phi) is 6.33. The van der Waals surface area contributed by atoms with Gasteiger partial charge in [-0.1, -0.05) is 19.3 Å². The third-order valence-corrected chi connectivity index (χ3v) is 5.41. The minimum Gasteiger partial charge on any atom is -0.444 e. The smallest absolute Gasteiger partial charge is 0.410 e. The van der Waals surface area contributed by atoms with Gasteiger partial charge in [-0.05, 0) is 45.7 Å². The molecule has 2 heterocycles. The molecule has 2 N–H and O–H groups in total. The van der Waals surface area contributed by atoms with Gasteiger partial charge in [0.2, 0.25) is 0 Å². The lowest BCUT2D eigenvalue weighted by molar-refractivity contribution is 0.0166. The van der Waals surface area contributed by atoms with Crippen molar-refractivity contribution in [3.8, 4) is 0 Å². The molecule has 1 aliphatic heterocycles. The van der Waals surface area contributed by atoms with Crippen LogP contribution < -0.4 is 10.2 Å². The summed E-state index contributed by atoms with van der Waals surface area (Å²) in [5, 5.41) is 13.9. The number of carbonyl (C=O) groups is 1. The highest BCUT2D eigenvalue weighted by Gasteiger charge is 2.29. The molecule has 1 saturated carbocycles. The molecule has 3 rings (SSSR count). The van der Waals surface area contributed by atoms with Crippen LogP contribution in [0.5, 0.6) is 0 Å². The van der Waals surface area contributed by atoms with Gasteiger partial charge in [-0.2, -0.15) is 0 Å². The largest absolute Gasteiger partial charge is 0.444 e. The van der Waals surface area contributed by atoms with Gasteiger partial charge in [0, 0.05) is 32.7 Å². The number of piperazine rings is 1. The van der Waals surface area contributed by atoms with E-state index in [1.807, 2.05) is 39.1 Å². The molecule has 0 unspecified atom stereocenters. The number of aliphatic hydroxyl groups is 1. The topological polar surface area (TPSA) is 77.9 Å². The number of pyridine rings is 1. The molecule has 1 aromatic rings. The first-order chi connectivity index (χ1) is 13.2. The standard InChI is InChI=1S/C21H34N4O3/c1-20(2,3)28-19(26)25-13-11-24(12-14-25)18-8-7-17(15-22-18)23-16-21(27)9-5-4-6-10-21/h7-8,15,23,27H,4-6,9-14,16H2,1-3H3. The fourth-order valence-corrected chi connectivity index (χ4v) is 3.78. The molecule has 1 saturated heterocycles. The van der Waals surface area contributed by atoms with E-state index in [0.717, 1.165) is 50.3 Å². The van der Waals surface area contributed by atoms with Gasteiger partial charge in [-0.15, -0.1) is 0 Å². The van der Waals surface area contributed by atoms with Crippen LogP contribution >= 0.6 is 0 Å². The van der Waals surface area contributed by atoms with Gasteiger partial charge in [-0.25, -0.2) is 9.78 Å². The van der Waals surface area contributed by atoms with Crippen LogP contribution in [0.3, 0.4) is 0 Å². The number of ether oxygens (including phenoxy) is 1. The molecule has 156 valence electrons. The van der Waals surface area contributed by atoms with Crippen LogP contribution in [-0.2, 0) is 4.74 Å². The van der Waals surface area contributed by atoms with E-state index in [4.69, 9.17) is 4.74 Å². The Morgan fingerprint density at radius 3 is 2.43 bits per heavy atom. The molecule has 1 amide bonds. The lowest BCUT2D eigenvalue weighted by Gasteiger charge is -2.36. The summed E-state index contributed by atoms with van der Waals surface area (Å²) in [6.07, 6.45) is 6.73. The Labute approximate surface area is 168 Å². The first-order valence-electron chi connectivity index (χ1n) is 10.4. The average Bonchev–Trinajstić information content (AvgIpc) is 2.66. The molecule has 0 spiro atoms. The predicted molar refractivity (Wildman–Crippen MR) is 111 cm³/mol. The molecule has 2 aliphatic rings.